The van der Waals surface area contributed by atoms with Gasteiger partial charge in [-0.3, -0.25) is 9.59 Å². The van der Waals surface area contributed by atoms with Gasteiger partial charge in [0.25, 0.3) is 5.91 Å². The average molecular weight is 441 g/mol. The second-order valence-electron chi connectivity index (χ2n) is 10.7. The van der Waals surface area contributed by atoms with Crippen molar-refractivity contribution in [1.29, 1.82) is 0 Å². The molecule has 5 fully saturated rings. The second-order valence-corrected chi connectivity index (χ2v) is 10.7. The van der Waals surface area contributed by atoms with Crippen molar-refractivity contribution >= 4 is 11.8 Å². The smallest absolute Gasteiger partial charge is 0.261 e. The molecule has 6 rings (SSSR count). The van der Waals surface area contributed by atoms with Crippen molar-refractivity contribution in [3.8, 4) is 11.5 Å². The highest BCUT2D eigenvalue weighted by molar-refractivity contribution is 5.99. The molecule has 0 N–H and O–H groups in total. The fourth-order valence-corrected chi connectivity index (χ4v) is 7.53. The Bertz CT molecular complexity index is 825. The van der Waals surface area contributed by atoms with Crippen molar-refractivity contribution in [2.45, 2.75) is 51.4 Å². The lowest BCUT2D eigenvalue weighted by Gasteiger charge is -2.57. The molecule has 0 radical (unpaired) electrons. The van der Waals surface area contributed by atoms with Crippen LogP contribution in [-0.4, -0.2) is 62.0 Å². The zero-order valence-electron chi connectivity index (χ0n) is 19.5. The number of hydrogen-bond acceptors (Lipinski definition) is 4. The van der Waals surface area contributed by atoms with Crippen LogP contribution in [0.1, 0.15) is 61.7 Å². The molecule has 32 heavy (non-hydrogen) atoms. The molecule has 0 spiro atoms. The molecule has 4 aliphatic carbocycles. The summed E-state index contributed by atoms with van der Waals surface area (Å²) >= 11 is 0. The van der Waals surface area contributed by atoms with Crippen LogP contribution in [0.4, 0.5) is 0 Å². The number of ether oxygens (including phenoxy) is 2. The fraction of sp³-hybridized carbons (Fsp3) is 0.692. The molecule has 6 nitrogen and oxygen atoms in total. The van der Waals surface area contributed by atoms with Gasteiger partial charge in [-0.25, -0.2) is 0 Å². The molecule has 6 heteroatoms. The number of hydrogen-bond donors (Lipinski definition) is 0. The maximum absolute atomic E-state index is 13.4. The van der Waals surface area contributed by atoms with Gasteiger partial charge in [-0.1, -0.05) is 6.07 Å². The molecule has 1 heterocycles. The van der Waals surface area contributed by atoms with Crippen LogP contribution < -0.4 is 9.47 Å². The fourth-order valence-electron chi connectivity index (χ4n) is 7.53. The zero-order chi connectivity index (χ0) is 22.3. The number of carbonyl (C=O) groups excluding carboxylic acids is 2. The lowest BCUT2D eigenvalue weighted by atomic mass is 9.49. The van der Waals surface area contributed by atoms with Crippen LogP contribution in [0.15, 0.2) is 18.2 Å². The van der Waals surface area contributed by atoms with Crippen LogP contribution >= 0.6 is 0 Å². The maximum atomic E-state index is 13.4. The van der Waals surface area contributed by atoms with Crippen molar-refractivity contribution in [2.75, 3.05) is 40.4 Å². The highest BCUT2D eigenvalue weighted by Gasteiger charge is 2.51. The number of benzene rings is 1. The van der Waals surface area contributed by atoms with E-state index >= 15 is 0 Å². The Hall–Kier alpha value is -2.24. The molecule has 1 aromatic rings. The van der Waals surface area contributed by atoms with Crippen molar-refractivity contribution in [2.24, 2.45) is 23.2 Å². The predicted octanol–water partition coefficient (Wildman–Crippen LogP) is 3.98. The van der Waals surface area contributed by atoms with Crippen molar-refractivity contribution in [3.63, 3.8) is 0 Å². The van der Waals surface area contributed by atoms with Gasteiger partial charge < -0.3 is 19.3 Å². The van der Waals surface area contributed by atoms with Crippen LogP contribution in [0, 0.1) is 23.2 Å². The molecule has 0 unspecified atom stereocenters. The monoisotopic (exact) mass is 440 g/mol. The van der Waals surface area contributed by atoms with E-state index < -0.39 is 0 Å². The number of methoxy groups -OCH3 is 2. The molecule has 4 bridgehead atoms. The van der Waals surface area contributed by atoms with Crippen LogP contribution in [0.25, 0.3) is 0 Å². The molecule has 0 atom stereocenters. The number of amides is 2. The van der Waals surface area contributed by atoms with Gasteiger partial charge in [-0.15, -0.1) is 0 Å². The van der Waals surface area contributed by atoms with Crippen LogP contribution in [0.5, 0.6) is 11.5 Å². The third kappa shape index (κ3) is 3.97. The summed E-state index contributed by atoms with van der Waals surface area (Å²) in [5.74, 6) is 3.85. The largest absolute Gasteiger partial charge is 0.496 e. The predicted molar refractivity (Wildman–Crippen MR) is 122 cm³/mol. The molecule has 2 amide bonds. The first-order valence-electron chi connectivity index (χ1n) is 12.3. The summed E-state index contributed by atoms with van der Waals surface area (Å²) in [6, 6.07) is 5.39. The summed E-state index contributed by atoms with van der Waals surface area (Å²) in [5.41, 5.74) is 0.726. The Morgan fingerprint density at radius 3 is 1.97 bits per heavy atom. The minimum absolute atomic E-state index is 0.0883. The van der Waals surface area contributed by atoms with Gasteiger partial charge in [0.2, 0.25) is 5.91 Å². The average Bonchev–Trinajstić information content (AvgIpc) is 3.03. The molecule has 1 aliphatic heterocycles. The molecule has 5 aliphatic rings. The van der Waals surface area contributed by atoms with Gasteiger partial charge in [-0.2, -0.15) is 0 Å². The first-order chi connectivity index (χ1) is 15.5. The molecule has 1 saturated heterocycles. The van der Waals surface area contributed by atoms with E-state index in [1.54, 1.807) is 26.4 Å². The van der Waals surface area contributed by atoms with Crippen molar-refractivity contribution in [3.05, 3.63) is 23.8 Å². The molecule has 174 valence electrons. The number of carbonyl (C=O) groups is 2. The van der Waals surface area contributed by atoms with Gasteiger partial charge in [-0.05, 0) is 80.2 Å². The summed E-state index contributed by atoms with van der Waals surface area (Å²) in [7, 11) is 3.14. The summed E-state index contributed by atoms with van der Waals surface area (Å²) in [6.45, 7) is 2.53. The van der Waals surface area contributed by atoms with Crippen molar-refractivity contribution < 1.29 is 19.1 Å². The topological polar surface area (TPSA) is 59.1 Å². The molecule has 1 aromatic carbocycles. The van der Waals surface area contributed by atoms with E-state index in [0.29, 0.717) is 49.0 Å². The lowest BCUT2D eigenvalue weighted by molar-refractivity contribution is -0.139. The highest BCUT2D eigenvalue weighted by atomic mass is 16.5. The third-order valence-electron chi connectivity index (χ3n) is 8.47. The standard InChI is InChI=1S/C26H36N2O4/c1-31-21-5-3-6-22(32-2)24(21)25(30)28-8-4-7-27(9-10-28)23(29)17-26-14-18-11-19(15-26)13-20(12-18)16-26/h3,5-6,18-20H,4,7-17H2,1-2H3. The maximum Gasteiger partial charge on any atom is 0.261 e. The normalized spacial score (nSPS) is 31.4. The first-order valence-corrected chi connectivity index (χ1v) is 12.3. The van der Waals surface area contributed by atoms with E-state index in [4.69, 9.17) is 9.47 Å². The Morgan fingerprint density at radius 1 is 0.875 bits per heavy atom. The van der Waals surface area contributed by atoms with E-state index in [0.717, 1.165) is 30.7 Å². The van der Waals surface area contributed by atoms with E-state index in [2.05, 4.69) is 0 Å². The minimum Gasteiger partial charge on any atom is -0.496 e. The van der Waals surface area contributed by atoms with Crippen LogP contribution in [0.2, 0.25) is 0 Å². The quantitative estimate of drug-likeness (QED) is 0.695. The Kier molecular flexibility index (Phi) is 5.81. The third-order valence-corrected chi connectivity index (χ3v) is 8.47. The SMILES string of the molecule is COc1cccc(OC)c1C(=O)N1CCCN(C(=O)CC23CC4CC(CC(C4)C2)C3)CC1. The summed E-state index contributed by atoms with van der Waals surface area (Å²) in [5, 5.41) is 0. The summed E-state index contributed by atoms with van der Waals surface area (Å²) in [4.78, 5) is 30.6. The van der Waals surface area contributed by atoms with E-state index in [-0.39, 0.29) is 11.3 Å². The molecule has 4 saturated carbocycles. The van der Waals surface area contributed by atoms with E-state index in [1.807, 2.05) is 15.9 Å². The van der Waals surface area contributed by atoms with Gasteiger partial charge in [0.15, 0.2) is 0 Å². The Morgan fingerprint density at radius 2 is 1.41 bits per heavy atom. The van der Waals surface area contributed by atoms with E-state index in [1.165, 1.54) is 38.5 Å². The zero-order valence-corrected chi connectivity index (χ0v) is 19.5. The molecular formula is C26H36N2O4. The van der Waals surface area contributed by atoms with Gasteiger partial charge >= 0.3 is 0 Å². The summed E-state index contributed by atoms with van der Waals surface area (Å²) in [6.07, 6.45) is 9.51. The molecular weight excluding hydrogens is 404 g/mol. The Balaban J connectivity index is 1.24. The first kappa shape index (κ1) is 21.6. The van der Waals surface area contributed by atoms with Gasteiger partial charge in [0, 0.05) is 32.6 Å². The van der Waals surface area contributed by atoms with Gasteiger partial charge in [0.05, 0.1) is 14.2 Å². The van der Waals surface area contributed by atoms with E-state index in [9.17, 15) is 9.59 Å². The van der Waals surface area contributed by atoms with Crippen LogP contribution in [-0.2, 0) is 4.79 Å². The van der Waals surface area contributed by atoms with Crippen LogP contribution in [0.3, 0.4) is 0 Å². The lowest BCUT2D eigenvalue weighted by Crippen LogP contribution is -2.48. The second kappa shape index (κ2) is 8.60. The minimum atomic E-state index is -0.0883. The van der Waals surface area contributed by atoms with Crippen molar-refractivity contribution in [1.82, 2.24) is 9.80 Å². The Labute approximate surface area is 191 Å². The van der Waals surface area contributed by atoms with Gasteiger partial charge in [0.1, 0.15) is 17.1 Å². The summed E-state index contributed by atoms with van der Waals surface area (Å²) < 4.78 is 10.9. The highest BCUT2D eigenvalue weighted by Crippen LogP contribution is 2.61. The number of rotatable bonds is 5. The number of nitrogens with zero attached hydrogens (tertiary/aromatic N) is 2. The molecule has 0 aromatic heterocycles.